The van der Waals surface area contributed by atoms with Gasteiger partial charge in [-0.05, 0) is 42.0 Å². The van der Waals surface area contributed by atoms with Crippen LogP contribution in [0.5, 0.6) is 11.5 Å². The summed E-state index contributed by atoms with van der Waals surface area (Å²) < 4.78 is 12.1. The molecule has 2 aromatic rings. The number of carbonyl (C=O) groups excluding carboxylic acids is 1. The van der Waals surface area contributed by atoms with Crippen molar-refractivity contribution >= 4 is 51.0 Å². The van der Waals surface area contributed by atoms with Crippen molar-refractivity contribution < 1.29 is 24.2 Å². The van der Waals surface area contributed by atoms with Crippen molar-refractivity contribution in [1.29, 1.82) is 0 Å². The molecule has 1 saturated heterocycles. The number of nitrogens with zero attached hydrogens (tertiary/aromatic N) is 2. The van der Waals surface area contributed by atoms with Crippen LogP contribution >= 0.6 is 27.7 Å². The second-order valence-corrected chi connectivity index (χ2v) is 8.27. The van der Waals surface area contributed by atoms with Crippen molar-refractivity contribution in [2.24, 2.45) is 10.2 Å². The first-order valence-electron chi connectivity index (χ1n) is 8.80. The lowest BCUT2D eigenvalue weighted by Crippen LogP contribution is -2.26. The standard InChI is InChI=1S/C20H18BrN3O5S/c1-28-16-6-5-12(7-13(16)11-29-15-4-2-3-14(21)8-15)10-22-24-20-23-19(27)17(30-20)9-18(25)26/h2-8,10,17H,9,11H2,1H3,(H,25,26)(H,23,24,27). The van der Waals surface area contributed by atoms with E-state index in [1.807, 2.05) is 42.5 Å². The third-order valence-electron chi connectivity index (χ3n) is 3.99. The summed E-state index contributed by atoms with van der Waals surface area (Å²) in [5, 5.41) is 18.9. The quantitative estimate of drug-likeness (QED) is 0.432. The van der Waals surface area contributed by atoms with E-state index in [0.717, 1.165) is 33.1 Å². The Hall–Kier alpha value is -2.85. The fraction of sp³-hybridized carbons (Fsp3) is 0.200. The van der Waals surface area contributed by atoms with E-state index in [0.29, 0.717) is 12.4 Å². The van der Waals surface area contributed by atoms with Gasteiger partial charge in [0.05, 0.1) is 19.7 Å². The van der Waals surface area contributed by atoms with Gasteiger partial charge in [-0.2, -0.15) is 5.10 Å². The molecule has 1 amide bonds. The molecule has 2 N–H and O–H groups in total. The number of amides is 1. The molecule has 0 radical (unpaired) electrons. The van der Waals surface area contributed by atoms with Gasteiger partial charge in [-0.15, -0.1) is 5.10 Å². The van der Waals surface area contributed by atoms with Crippen LogP contribution < -0.4 is 14.8 Å². The second-order valence-electron chi connectivity index (χ2n) is 6.16. The molecule has 1 unspecified atom stereocenters. The van der Waals surface area contributed by atoms with Gasteiger partial charge in [0, 0.05) is 10.0 Å². The van der Waals surface area contributed by atoms with E-state index in [2.05, 4.69) is 31.4 Å². The lowest BCUT2D eigenvalue weighted by Gasteiger charge is -2.11. The number of ether oxygens (including phenoxy) is 2. The first-order valence-corrected chi connectivity index (χ1v) is 10.5. The lowest BCUT2D eigenvalue weighted by molar-refractivity contribution is -0.138. The molecule has 10 heteroatoms. The van der Waals surface area contributed by atoms with Gasteiger partial charge in [0.2, 0.25) is 5.91 Å². The van der Waals surface area contributed by atoms with Crippen LogP contribution in [0.4, 0.5) is 0 Å². The SMILES string of the molecule is COc1ccc(C=NN=C2NC(=O)C(CC(=O)O)S2)cc1COc1cccc(Br)c1. The zero-order chi connectivity index (χ0) is 21.5. The number of amidine groups is 1. The average molecular weight is 492 g/mol. The van der Waals surface area contributed by atoms with Gasteiger partial charge in [-0.3, -0.25) is 9.59 Å². The predicted molar refractivity (Wildman–Crippen MR) is 118 cm³/mol. The van der Waals surface area contributed by atoms with Gasteiger partial charge in [-0.1, -0.05) is 33.8 Å². The molecule has 0 spiro atoms. The van der Waals surface area contributed by atoms with E-state index >= 15 is 0 Å². The highest BCUT2D eigenvalue weighted by atomic mass is 79.9. The normalized spacial score (nSPS) is 17.3. The summed E-state index contributed by atoms with van der Waals surface area (Å²) in [7, 11) is 1.59. The van der Waals surface area contributed by atoms with Crippen LogP contribution in [-0.4, -0.2) is 40.7 Å². The summed E-state index contributed by atoms with van der Waals surface area (Å²) in [6.07, 6.45) is 1.27. The number of thioether (sulfide) groups is 1. The van der Waals surface area contributed by atoms with E-state index in [4.69, 9.17) is 14.6 Å². The highest BCUT2D eigenvalue weighted by molar-refractivity contribution is 9.10. The minimum Gasteiger partial charge on any atom is -0.496 e. The highest BCUT2D eigenvalue weighted by Crippen LogP contribution is 2.24. The summed E-state index contributed by atoms with van der Waals surface area (Å²) in [6.45, 7) is 0.304. The molecule has 3 rings (SSSR count). The molecule has 0 bridgehead atoms. The summed E-state index contributed by atoms with van der Waals surface area (Å²) in [5.41, 5.74) is 1.60. The Kier molecular flexibility index (Phi) is 7.47. The molecule has 0 saturated carbocycles. The molecular weight excluding hydrogens is 474 g/mol. The number of aliphatic carboxylic acids is 1. The molecule has 0 aromatic heterocycles. The molecular formula is C20H18BrN3O5S. The van der Waals surface area contributed by atoms with E-state index in [1.54, 1.807) is 7.11 Å². The Labute approximate surface area is 185 Å². The number of benzene rings is 2. The molecule has 1 aliphatic rings. The highest BCUT2D eigenvalue weighted by Gasteiger charge is 2.32. The molecule has 2 aromatic carbocycles. The van der Waals surface area contributed by atoms with E-state index in [9.17, 15) is 9.59 Å². The maximum Gasteiger partial charge on any atom is 0.305 e. The first kappa shape index (κ1) is 21.8. The zero-order valence-corrected chi connectivity index (χ0v) is 18.3. The van der Waals surface area contributed by atoms with Crippen molar-refractivity contribution in [3.05, 3.63) is 58.1 Å². The number of nitrogens with one attached hydrogen (secondary N) is 1. The second kappa shape index (κ2) is 10.3. The Bertz CT molecular complexity index is 1010. The fourth-order valence-electron chi connectivity index (χ4n) is 2.60. The molecule has 156 valence electrons. The molecule has 1 heterocycles. The van der Waals surface area contributed by atoms with Crippen LogP contribution in [0.25, 0.3) is 0 Å². The van der Waals surface area contributed by atoms with Crippen LogP contribution in [0.1, 0.15) is 17.5 Å². The summed E-state index contributed by atoms with van der Waals surface area (Å²) in [4.78, 5) is 22.5. The topological polar surface area (TPSA) is 110 Å². The third-order valence-corrected chi connectivity index (χ3v) is 5.55. The number of carboxylic acids is 1. The molecule has 30 heavy (non-hydrogen) atoms. The van der Waals surface area contributed by atoms with Crippen LogP contribution in [0, 0.1) is 0 Å². The van der Waals surface area contributed by atoms with Crippen LogP contribution in [-0.2, 0) is 16.2 Å². The van der Waals surface area contributed by atoms with Gasteiger partial charge in [-0.25, -0.2) is 0 Å². The summed E-state index contributed by atoms with van der Waals surface area (Å²) >= 11 is 4.46. The largest absolute Gasteiger partial charge is 0.496 e. The van der Waals surface area contributed by atoms with Gasteiger partial charge in [0.15, 0.2) is 5.17 Å². The van der Waals surface area contributed by atoms with E-state index in [1.165, 1.54) is 6.21 Å². The molecule has 1 atom stereocenters. The van der Waals surface area contributed by atoms with Crippen LogP contribution in [0.2, 0.25) is 0 Å². The van der Waals surface area contributed by atoms with E-state index < -0.39 is 11.2 Å². The van der Waals surface area contributed by atoms with Crippen LogP contribution in [0.15, 0.2) is 57.1 Å². The first-order chi connectivity index (χ1) is 14.4. The number of hydrogen-bond donors (Lipinski definition) is 2. The van der Waals surface area contributed by atoms with Crippen molar-refractivity contribution in [2.75, 3.05) is 7.11 Å². The number of carboxylic acid groups (broad SMARTS) is 1. The summed E-state index contributed by atoms with van der Waals surface area (Å²) in [5.74, 6) is -0.0126. The maximum atomic E-state index is 11.7. The Balaban J connectivity index is 1.67. The number of hydrogen-bond acceptors (Lipinski definition) is 7. The van der Waals surface area contributed by atoms with Crippen molar-refractivity contribution in [1.82, 2.24) is 5.32 Å². The van der Waals surface area contributed by atoms with Crippen molar-refractivity contribution in [2.45, 2.75) is 18.3 Å². The molecule has 1 fully saturated rings. The average Bonchev–Trinajstić information content (AvgIpc) is 3.05. The smallest absolute Gasteiger partial charge is 0.305 e. The van der Waals surface area contributed by atoms with Crippen molar-refractivity contribution in [3.8, 4) is 11.5 Å². The van der Waals surface area contributed by atoms with Gasteiger partial charge in [0.25, 0.3) is 0 Å². The summed E-state index contributed by atoms with van der Waals surface area (Å²) in [6, 6.07) is 13.0. The van der Waals surface area contributed by atoms with Crippen LogP contribution in [0.3, 0.4) is 0 Å². The third kappa shape index (κ3) is 6.07. The lowest BCUT2D eigenvalue weighted by atomic mass is 10.1. The zero-order valence-electron chi connectivity index (χ0n) is 15.9. The van der Waals surface area contributed by atoms with Gasteiger partial charge in [0.1, 0.15) is 23.4 Å². The van der Waals surface area contributed by atoms with Gasteiger partial charge < -0.3 is 19.9 Å². The minimum atomic E-state index is -1.04. The maximum absolute atomic E-state index is 11.7. The number of carbonyl (C=O) groups is 2. The fourth-order valence-corrected chi connectivity index (χ4v) is 3.90. The Morgan fingerprint density at radius 3 is 2.90 bits per heavy atom. The van der Waals surface area contributed by atoms with Gasteiger partial charge >= 0.3 is 5.97 Å². The Morgan fingerprint density at radius 1 is 1.33 bits per heavy atom. The Morgan fingerprint density at radius 2 is 2.17 bits per heavy atom. The number of halogens is 1. The minimum absolute atomic E-state index is 0.265. The number of rotatable bonds is 8. The molecule has 8 nitrogen and oxygen atoms in total. The monoisotopic (exact) mass is 491 g/mol. The molecule has 1 aliphatic heterocycles. The number of methoxy groups -OCH3 is 1. The predicted octanol–water partition coefficient (Wildman–Crippen LogP) is 3.43. The molecule has 0 aliphatic carbocycles. The van der Waals surface area contributed by atoms with Crippen molar-refractivity contribution in [3.63, 3.8) is 0 Å². The van der Waals surface area contributed by atoms with E-state index in [-0.39, 0.29) is 17.5 Å².